The Morgan fingerprint density at radius 1 is 1.16 bits per heavy atom. The molecule has 1 aromatic heterocycles. The Bertz CT molecular complexity index is 1190. The van der Waals surface area contributed by atoms with E-state index in [4.69, 9.17) is 5.73 Å². The van der Waals surface area contributed by atoms with Crippen LogP contribution in [0.4, 0.5) is 5.95 Å². The number of hydrogen-bond acceptors (Lipinski definition) is 6. The van der Waals surface area contributed by atoms with Crippen LogP contribution in [-0.2, 0) is 0 Å². The molecule has 0 spiro atoms. The molecule has 0 amide bonds. The molecule has 2 aliphatic rings. The molecular weight excluding hydrogens is 396 g/mol. The highest BCUT2D eigenvalue weighted by Gasteiger charge is 2.27. The fraction of sp³-hybridized carbons (Fsp3) is 0.346. The first kappa shape index (κ1) is 20.6. The maximum atomic E-state index is 5.74. The molecular formula is C26H30N6. The van der Waals surface area contributed by atoms with Gasteiger partial charge in [0.1, 0.15) is 0 Å². The number of nitrogens with zero attached hydrogens (tertiary/aromatic N) is 3. The molecule has 2 fully saturated rings. The third kappa shape index (κ3) is 4.50. The Kier molecular flexibility index (Phi) is 5.62. The van der Waals surface area contributed by atoms with Gasteiger partial charge in [-0.15, -0.1) is 0 Å². The molecule has 0 saturated heterocycles. The summed E-state index contributed by atoms with van der Waals surface area (Å²) < 4.78 is 0. The largest absolute Gasteiger partial charge is 0.403 e. The summed E-state index contributed by atoms with van der Waals surface area (Å²) in [5.74, 6) is 1.20. The van der Waals surface area contributed by atoms with E-state index in [9.17, 15) is 0 Å². The van der Waals surface area contributed by atoms with Crippen LogP contribution in [0.1, 0.15) is 55.7 Å². The summed E-state index contributed by atoms with van der Waals surface area (Å²) in [7, 11) is 2.00. The van der Waals surface area contributed by atoms with Gasteiger partial charge in [0, 0.05) is 30.0 Å². The van der Waals surface area contributed by atoms with Crippen molar-refractivity contribution in [2.24, 2.45) is 10.7 Å². The topological polar surface area (TPSA) is 88.2 Å². The van der Waals surface area contributed by atoms with E-state index in [-0.39, 0.29) is 0 Å². The molecule has 1 unspecified atom stereocenters. The minimum absolute atomic E-state index is 0.313. The van der Waals surface area contributed by atoms with E-state index < -0.39 is 0 Å². The van der Waals surface area contributed by atoms with Crippen molar-refractivity contribution in [1.29, 1.82) is 0 Å². The van der Waals surface area contributed by atoms with E-state index in [1.807, 2.05) is 13.2 Å². The summed E-state index contributed by atoms with van der Waals surface area (Å²) in [6.07, 6.45) is 10.0. The van der Waals surface area contributed by atoms with Crippen molar-refractivity contribution in [3.8, 4) is 11.1 Å². The highest BCUT2D eigenvalue weighted by molar-refractivity contribution is 5.87. The summed E-state index contributed by atoms with van der Waals surface area (Å²) in [6, 6.07) is 14.1. The molecule has 4 N–H and O–H groups in total. The summed E-state index contributed by atoms with van der Waals surface area (Å²) in [5, 5.41) is 7.54. The van der Waals surface area contributed by atoms with Gasteiger partial charge in [-0.3, -0.25) is 4.99 Å². The zero-order chi connectivity index (χ0) is 22.1. The first-order valence-electron chi connectivity index (χ1n) is 11.4. The van der Waals surface area contributed by atoms with Gasteiger partial charge in [0.25, 0.3) is 0 Å². The fourth-order valence-electron chi connectivity index (χ4n) is 3.93. The van der Waals surface area contributed by atoms with Crippen molar-refractivity contribution in [3.05, 3.63) is 65.6 Å². The molecule has 2 aromatic carbocycles. The number of nitrogens with two attached hydrogens (primary N) is 1. The molecule has 0 bridgehead atoms. The number of allylic oxidation sites excluding steroid dienone is 1. The fourth-order valence-corrected chi connectivity index (χ4v) is 3.93. The molecule has 6 heteroatoms. The third-order valence-electron chi connectivity index (χ3n) is 6.33. The van der Waals surface area contributed by atoms with Crippen LogP contribution in [0.5, 0.6) is 0 Å². The lowest BCUT2D eigenvalue weighted by atomic mass is 9.92. The second-order valence-corrected chi connectivity index (χ2v) is 8.85. The molecule has 5 rings (SSSR count). The Morgan fingerprint density at radius 2 is 2.00 bits per heavy atom. The van der Waals surface area contributed by atoms with Crippen molar-refractivity contribution in [3.63, 3.8) is 0 Å². The van der Waals surface area contributed by atoms with E-state index in [1.165, 1.54) is 41.3 Å². The lowest BCUT2D eigenvalue weighted by Crippen LogP contribution is -2.12. The SMILES string of the molecule is CNC(C)c1ccc(C2CC2)c(-c2ccc3nc(NC(C=NC4CC4)=CN)ncc3c2)c1. The zero-order valence-electron chi connectivity index (χ0n) is 18.7. The van der Waals surface area contributed by atoms with E-state index in [2.05, 4.69) is 68.9 Å². The number of aliphatic imine (C=N–C) groups is 1. The van der Waals surface area contributed by atoms with Crippen LogP contribution >= 0.6 is 0 Å². The maximum Gasteiger partial charge on any atom is 0.227 e. The number of rotatable bonds is 8. The van der Waals surface area contributed by atoms with Crippen molar-refractivity contribution >= 4 is 23.1 Å². The smallest absolute Gasteiger partial charge is 0.227 e. The van der Waals surface area contributed by atoms with E-state index in [0.29, 0.717) is 29.6 Å². The van der Waals surface area contributed by atoms with Gasteiger partial charge in [0.2, 0.25) is 5.95 Å². The Balaban J connectivity index is 1.44. The number of aromatic nitrogens is 2. The minimum Gasteiger partial charge on any atom is -0.403 e. The van der Waals surface area contributed by atoms with Crippen molar-refractivity contribution < 1.29 is 0 Å². The van der Waals surface area contributed by atoms with Gasteiger partial charge in [-0.05, 0) is 86.0 Å². The van der Waals surface area contributed by atoms with Gasteiger partial charge in [-0.25, -0.2) is 9.97 Å². The van der Waals surface area contributed by atoms with Crippen LogP contribution in [0.15, 0.2) is 59.5 Å². The lowest BCUT2D eigenvalue weighted by molar-refractivity contribution is 0.652. The van der Waals surface area contributed by atoms with Crippen LogP contribution in [0.2, 0.25) is 0 Å². The van der Waals surface area contributed by atoms with Crippen molar-refractivity contribution in [2.75, 3.05) is 12.4 Å². The third-order valence-corrected chi connectivity index (χ3v) is 6.33. The van der Waals surface area contributed by atoms with Gasteiger partial charge in [0.15, 0.2) is 0 Å². The highest BCUT2D eigenvalue weighted by Crippen LogP contribution is 2.45. The molecule has 32 heavy (non-hydrogen) atoms. The minimum atomic E-state index is 0.313. The second-order valence-electron chi connectivity index (χ2n) is 8.85. The molecule has 1 atom stereocenters. The summed E-state index contributed by atoms with van der Waals surface area (Å²) in [6.45, 7) is 2.19. The first-order chi connectivity index (χ1) is 15.6. The van der Waals surface area contributed by atoms with Gasteiger partial charge in [0.05, 0.1) is 17.3 Å². The zero-order valence-corrected chi connectivity index (χ0v) is 18.7. The lowest BCUT2D eigenvalue weighted by Gasteiger charge is -2.16. The molecule has 2 aliphatic carbocycles. The first-order valence-corrected chi connectivity index (χ1v) is 11.4. The number of nitrogens with one attached hydrogen (secondary N) is 2. The molecule has 164 valence electrons. The Morgan fingerprint density at radius 3 is 2.72 bits per heavy atom. The van der Waals surface area contributed by atoms with Crippen LogP contribution < -0.4 is 16.4 Å². The van der Waals surface area contributed by atoms with Gasteiger partial charge in [-0.1, -0.05) is 18.2 Å². The Labute approximate surface area is 189 Å². The normalized spacial score (nSPS) is 17.8. The molecule has 1 heterocycles. The average Bonchev–Trinajstić information content (AvgIpc) is 3.74. The standard InChI is InChI=1S/C26H30N6/c1-16(28-2)18-5-9-23(17-3-4-17)24(12-18)19-6-10-25-20(11-19)14-30-26(32-25)31-22(13-27)15-29-21-7-8-21/h5-6,9-17,21,28H,3-4,7-8,27H2,1-2H3,(H,30,31,32). The van der Waals surface area contributed by atoms with Crippen LogP contribution in [0.3, 0.4) is 0 Å². The second kappa shape index (κ2) is 8.71. The van der Waals surface area contributed by atoms with E-state index >= 15 is 0 Å². The van der Waals surface area contributed by atoms with E-state index in [1.54, 1.807) is 6.21 Å². The number of anilines is 1. The highest BCUT2D eigenvalue weighted by atomic mass is 15.1. The predicted octanol–water partition coefficient (Wildman–Crippen LogP) is 4.90. The quantitative estimate of drug-likeness (QED) is 0.446. The molecule has 0 aliphatic heterocycles. The average molecular weight is 427 g/mol. The maximum absolute atomic E-state index is 5.74. The van der Waals surface area contributed by atoms with E-state index in [0.717, 1.165) is 23.7 Å². The summed E-state index contributed by atoms with van der Waals surface area (Å²) in [5.41, 5.74) is 12.6. The van der Waals surface area contributed by atoms with Crippen LogP contribution in [0, 0.1) is 0 Å². The predicted molar refractivity (Wildman–Crippen MR) is 132 cm³/mol. The van der Waals surface area contributed by atoms with Gasteiger partial charge in [-0.2, -0.15) is 0 Å². The van der Waals surface area contributed by atoms with Crippen molar-refractivity contribution in [1.82, 2.24) is 15.3 Å². The Hall–Kier alpha value is -3.25. The number of fused-ring (bicyclic) bond motifs is 1. The molecule has 6 nitrogen and oxygen atoms in total. The summed E-state index contributed by atoms with van der Waals surface area (Å²) >= 11 is 0. The molecule has 3 aromatic rings. The molecule has 0 radical (unpaired) electrons. The van der Waals surface area contributed by atoms with Crippen LogP contribution in [-0.4, -0.2) is 29.3 Å². The number of benzene rings is 2. The van der Waals surface area contributed by atoms with Gasteiger partial charge >= 0.3 is 0 Å². The van der Waals surface area contributed by atoms with Gasteiger partial charge < -0.3 is 16.4 Å². The summed E-state index contributed by atoms with van der Waals surface area (Å²) in [4.78, 5) is 13.7. The monoisotopic (exact) mass is 426 g/mol. The number of hydrogen-bond donors (Lipinski definition) is 3. The van der Waals surface area contributed by atoms with Crippen molar-refractivity contribution in [2.45, 2.75) is 50.6 Å². The molecule has 2 saturated carbocycles. The van der Waals surface area contributed by atoms with Crippen LogP contribution in [0.25, 0.3) is 22.0 Å².